The van der Waals surface area contributed by atoms with Crippen molar-refractivity contribution in [1.29, 1.82) is 0 Å². The minimum atomic E-state index is -2.29. The van der Waals surface area contributed by atoms with Crippen molar-refractivity contribution < 1.29 is 31.4 Å². The van der Waals surface area contributed by atoms with Crippen LogP contribution in [0.15, 0.2) is 250 Å². The van der Waals surface area contributed by atoms with E-state index in [-0.39, 0.29) is 0 Å². The van der Waals surface area contributed by atoms with Gasteiger partial charge in [-0.3, -0.25) is 29.3 Å². The molecule has 0 amide bonds. The first-order valence-corrected chi connectivity index (χ1v) is 34.4. The summed E-state index contributed by atoms with van der Waals surface area (Å²) in [6.07, 6.45) is 48.2. The first kappa shape index (κ1) is 54.1. The van der Waals surface area contributed by atoms with E-state index in [1.54, 1.807) is 31.0 Å². The maximum absolute atomic E-state index is 8.03. The molecule has 0 bridgehead atoms. The topological polar surface area (TPSA) is 198 Å². The van der Waals surface area contributed by atoms with Crippen molar-refractivity contribution in [3.63, 3.8) is 0 Å². The normalized spacial score (nSPS) is 13.5. The maximum atomic E-state index is 8.03. The summed E-state index contributed by atoms with van der Waals surface area (Å²) in [6.45, 7) is 1.77. The zero-order chi connectivity index (χ0) is 70.2. The highest BCUT2D eigenvalue weighted by atomic mass is 32.1. The number of aryl methyl sites for hydroxylation is 2. The molecule has 24 nitrogen and oxygen atoms in total. The van der Waals surface area contributed by atoms with Gasteiger partial charge in [0.1, 0.15) is 30.0 Å². The molecular formula is C78H56N23OS+5. The number of fused-ring (bicyclic) bond motifs is 35. The lowest BCUT2D eigenvalue weighted by Gasteiger charge is -2.02. The first-order chi connectivity index (χ1) is 52.1. The fraction of sp³-hybridized carbons (Fsp3) is 0.0897. The minimum Gasteiger partial charge on any atom is -0.393 e. The number of pyridine rings is 5. The van der Waals surface area contributed by atoms with Gasteiger partial charge in [0.2, 0.25) is 27.6 Å². The summed E-state index contributed by atoms with van der Waals surface area (Å²) in [5.74, 6) is 4.03. The zero-order valence-corrected chi connectivity index (χ0v) is 55.5. The first-order valence-electron chi connectivity index (χ1n) is 35.1. The lowest BCUT2D eigenvalue weighted by atomic mass is 10.1. The van der Waals surface area contributed by atoms with Gasteiger partial charge in [-0.1, -0.05) is 29.5 Å². The molecule has 1 aromatic carbocycles. The second-order valence-corrected chi connectivity index (χ2v) is 27.0. The van der Waals surface area contributed by atoms with Crippen LogP contribution in [0.4, 0.5) is 0 Å². The predicted molar refractivity (Wildman–Crippen MR) is 384 cm³/mol. The molecule has 21 aromatic rings. The minimum absolute atomic E-state index is 0.620. The van der Waals surface area contributed by atoms with E-state index in [1.807, 2.05) is 172 Å². The molecule has 0 saturated heterocycles. The highest BCUT2D eigenvalue weighted by Crippen LogP contribution is 2.40. The lowest BCUT2D eigenvalue weighted by molar-refractivity contribution is -0.649. The highest BCUT2D eigenvalue weighted by Gasteiger charge is 2.41. The van der Waals surface area contributed by atoms with E-state index in [2.05, 4.69) is 165 Å². The van der Waals surface area contributed by atoms with E-state index in [9.17, 15) is 0 Å². The molecule has 0 saturated carbocycles. The summed E-state index contributed by atoms with van der Waals surface area (Å²) in [6, 6.07) is 30.3. The van der Waals surface area contributed by atoms with Gasteiger partial charge in [0.15, 0.2) is 57.9 Å². The largest absolute Gasteiger partial charge is 0.393 e. The van der Waals surface area contributed by atoms with E-state index in [1.165, 1.54) is 86.9 Å². The van der Waals surface area contributed by atoms with E-state index >= 15 is 0 Å². The summed E-state index contributed by atoms with van der Waals surface area (Å²) in [5, 5.41) is 1.32. The quantitative estimate of drug-likeness (QED) is 0.142. The van der Waals surface area contributed by atoms with Crippen LogP contribution in [0, 0.1) is 0 Å². The zero-order valence-electron chi connectivity index (χ0n) is 57.7. The second-order valence-electron chi connectivity index (χ2n) is 26.0. The Kier molecular flexibility index (Phi) is 11.5. The number of nitrogens with zero attached hydrogens (tertiary/aromatic N) is 23. The Balaban J connectivity index is 0.0000000830. The SMILES string of the molecule is C[n+]1c2n(c3cn4cccnc4c31)Cc1cnccc1-2.[2H]C([2H])([2H])[n+]1c2n(c3cn4cccnc4c31)Cc1cnccc1-2.c1ccc(-n2c3[n+](c4cn5cccnc5c42)Cc2cnccc2-3)cc1.c1cnc2c3oc4[n+](c3cn2c1)Cc1cnccc1-4.c1cnc2c3sc4[n+](c3cn2c1)Cc1cnccc1-4. The number of imidazole rings is 3. The molecule has 0 aliphatic carbocycles. The molecule has 0 atom stereocenters. The maximum Gasteiger partial charge on any atom is 0.382 e. The van der Waals surface area contributed by atoms with Crippen molar-refractivity contribution in [1.82, 2.24) is 85.5 Å². The molecule has 5 aliphatic rings. The van der Waals surface area contributed by atoms with Crippen molar-refractivity contribution in [3.05, 3.63) is 274 Å². The van der Waals surface area contributed by atoms with Crippen LogP contribution in [0.2, 0.25) is 0 Å². The van der Waals surface area contributed by atoms with Gasteiger partial charge in [-0.15, -0.1) is 0 Å². The third-order valence-corrected chi connectivity index (χ3v) is 21.6. The third-order valence-electron chi connectivity index (χ3n) is 20.4. The molecule has 0 unspecified atom stereocenters. The van der Waals surface area contributed by atoms with Crippen LogP contribution in [0.1, 0.15) is 31.9 Å². The number of oxazole rings is 1. The van der Waals surface area contributed by atoms with Gasteiger partial charge in [-0.05, 0) is 72.8 Å². The molecule has 0 radical (unpaired) electrons. The highest BCUT2D eigenvalue weighted by molar-refractivity contribution is 7.22. The van der Waals surface area contributed by atoms with Gasteiger partial charge in [0.05, 0.1) is 82.5 Å². The van der Waals surface area contributed by atoms with Crippen LogP contribution in [0.25, 0.3) is 145 Å². The average Bonchev–Trinajstić information content (AvgIpc) is 1.56. The average molecular weight is 1370 g/mol. The van der Waals surface area contributed by atoms with Crippen molar-refractivity contribution in [2.75, 3.05) is 0 Å². The Labute approximate surface area is 590 Å². The Hall–Kier alpha value is -13.8. The summed E-state index contributed by atoms with van der Waals surface area (Å²) >= 11 is 1.82. The predicted octanol–water partition coefficient (Wildman–Crippen LogP) is 10.1. The van der Waals surface area contributed by atoms with Gasteiger partial charge in [-0.25, -0.2) is 47.8 Å². The monoisotopic (exact) mass is 1370 g/mol. The number of para-hydroxylation sites is 1. The molecule has 0 spiro atoms. The van der Waals surface area contributed by atoms with E-state index in [0.29, 0.717) is 23.5 Å². The number of aromatic nitrogens is 23. The summed E-state index contributed by atoms with van der Waals surface area (Å²) in [5.41, 5.74) is 27.0. The Morgan fingerprint density at radius 2 is 0.883 bits per heavy atom. The fourth-order valence-corrected chi connectivity index (χ4v) is 17.3. The molecule has 490 valence electrons. The number of hydrogen-bond donors (Lipinski definition) is 0. The van der Waals surface area contributed by atoms with E-state index in [4.69, 9.17) is 8.53 Å². The standard InChI is InChI=1S/C20H14N5.2C15H12N5.C14H9N4O.C14H9N4S/c1-2-5-15(6-3-1)25-18-17(13-23-10-4-8-22-19(18)23)24-12-14-11-21-9-7-16(14)20(24)25;2*1-18-13-12(9-19-6-2-4-17-14(13)19)20-8-10-7-16-5-3-11(10)15(18)20;2*1-3-16-13-12-11(8-17(13)5-1)18-7-9-6-15-4-2-10(9)14(18)19-12/h1-11,13H,12H2;2*2-7,9H,8H2,1H3;2*1-6,8H,7H2/q5*+1/i;1D3;;;. The van der Waals surface area contributed by atoms with Crippen molar-refractivity contribution in [2.45, 2.75) is 32.7 Å². The molecule has 5 aliphatic heterocycles. The van der Waals surface area contributed by atoms with Gasteiger partial charge >= 0.3 is 5.89 Å². The number of benzene rings is 1. The Bertz CT molecular complexity index is 7090. The fourth-order valence-electron chi connectivity index (χ4n) is 16.0. The lowest BCUT2D eigenvalue weighted by Crippen LogP contribution is -2.31. The number of thiazole rings is 1. The molecule has 20 aromatic heterocycles. The molecular weight excluding hydrogens is 1310 g/mol. The number of hydrogen-bond acceptors (Lipinski definition) is 12. The van der Waals surface area contributed by atoms with Gasteiger partial charge in [-0.2, -0.15) is 13.7 Å². The summed E-state index contributed by atoms with van der Waals surface area (Å²) < 4.78 is 58.8. The molecule has 25 heterocycles. The van der Waals surface area contributed by atoms with Crippen molar-refractivity contribution >= 4 is 94.0 Å². The Morgan fingerprint density at radius 1 is 0.417 bits per heavy atom. The van der Waals surface area contributed by atoms with E-state index in [0.717, 1.165) is 99.2 Å². The third kappa shape index (κ3) is 8.35. The van der Waals surface area contributed by atoms with Crippen LogP contribution < -0.4 is 22.8 Å². The van der Waals surface area contributed by atoms with Gasteiger partial charge < -0.3 is 22.0 Å². The van der Waals surface area contributed by atoms with Crippen LogP contribution in [-0.4, -0.2) is 85.5 Å². The van der Waals surface area contributed by atoms with Crippen molar-refractivity contribution in [2.24, 2.45) is 14.0 Å². The summed E-state index contributed by atoms with van der Waals surface area (Å²) in [7, 11) is 2.11. The molecule has 0 fully saturated rings. The second kappa shape index (κ2) is 21.8. The van der Waals surface area contributed by atoms with Crippen LogP contribution in [0.5, 0.6) is 0 Å². The molecule has 25 heteroatoms. The Morgan fingerprint density at radius 3 is 1.51 bits per heavy atom. The molecule has 0 N–H and O–H groups in total. The van der Waals surface area contributed by atoms with Crippen LogP contribution in [-0.2, 0) is 46.7 Å². The summed E-state index contributed by atoms with van der Waals surface area (Å²) in [4.78, 5) is 43.5. The molecule has 103 heavy (non-hydrogen) atoms. The number of rotatable bonds is 1. The van der Waals surface area contributed by atoms with Crippen molar-refractivity contribution in [3.8, 4) is 61.9 Å². The smallest absolute Gasteiger partial charge is 0.382 e. The van der Waals surface area contributed by atoms with Crippen LogP contribution >= 0.6 is 11.3 Å². The van der Waals surface area contributed by atoms with Gasteiger partial charge in [0.25, 0.3) is 28.0 Å². The van der Waals surface area contributed by atoms with Gasteiger partial charge in [0, 0.05) is 146 Å². The van der Waals surface area contributed by atoms with E-state index < -0.39 is 6.98 Å². The molecule has 26 rings (SSSR count). The van der Waals surface area contributed by atoms with Crippen LogP contribution in [0.3, 0.4) is 0 Å².